The second-order valence-electron chi connectivity index (χ2n) is 9.81. The van der Waals surface area contributed by atoms with Crippen LogP contribution in [0.15, 0.2) is 24.3 Å². The van der Waals surface area contributed by atoms with E-state index in [4.69, 9.17) is 9.47 Å². The van der Waals surface area contributed by atoms with Crippen LogP contribution >= 0.6 is 0 Å². The number of fused-ring (bicyclic) bond motifs is 2. The molecule has 0 aromatic rings. The summed E-state index contributed by atoms with van der Waals surface area (Å²) < 4.78 is 12.0. The van der Waals surface area contributed by atoms with E-state index in [1.807, 2.05) is 52.0 Å². The van der Waals surface area contributed by atoms with Gasteiger partial charge in [-0.25, -0.2) is 0 Å². The second kappa shape index (κ2) is 8.63. The summed E-state index contributed by atoms with van der Waals surface area (Å²) in [4.78, 5) is 44.2. The van der Waals surface area contributed by atoms with Crippen molar-refractivity contribution in [2.24, 2.45) is 17.8 Å². The summed E-state index contributed by atoms with van der Waals surface area (Å²) in [7, 11) is 0. The third kappa shape index (κ3) is 3.39. The number of amides is 2. The monoisotopic (exact) mass is 446 g/mol. The molecule has 2 saturated heterocycles. The Kier molecular flexibility index (Phi) is 6.20. The Bertz CT molecular complexity index is 836. The minimum absolute atomic E-state index is 0.0756. The van der Waals surface area contributed by atoms with Gasteiger partial charge in [-0.3, -0.25) is 14.4 Å². The Morgan fingerprint density at radius 3 is 2.56 bits per heavy atom. The van der Waals surface area contributed by atoms with Crippen LogP contribution in [0.3, 0.4) is 0 Å². The van der Waals surface area contributed by atoms with Crippen LogP contribution in [0.2, 0.25) is 0 Å². The lowest BCUT2D eigenvalue weighted by atomic mass is 9.78. The van der Waals surface area contributed by atoms with Crippen LogP contribution in [0, 0.1) is 17.8 Å². The predicted octanol–water partition coefficient (Wildman–Crippen LogP) is 1.28. The van der Waals surface area contributed by atoms with Crippen LogP contribution in [0.5, 0.6) is 0 Å². The summed E-state index contributed by atoms with van der Waals surface area (Å²) in [6.45, 7) is 8.09. The number of hydrogen-bond donors (Lipinski definition) is 1. The van der Waals surface area contributed by atoms with Crippen molar-refractivity contribution in [1.29, 1.82) is 0 Å². The van der Waals surface area contributed by atoms with Crippen molar-refractivity contribution >= 4 is 17.8 Å². The van der Waals surface area contributed by atoms with Gasteiger partial charge in [0.1, 0.15) is 17.6 Å². The van der Waals surface area contributed by atoms with Crippen molar-refractivity contribution in [1.82, 2.24) is 9.80 Å². The second-order valence-corrected chi connectivity index (χ2v) is 9.81. The van der Waals surface area contributed by atoms with Crippen molar-refractivity contribution in [2.45, 2.75) is 70.4 Å². The molecule has 3 unspecified atom stereocenters. The van der Waals surface area contributed by atoms with Crippen molar-refractivity contribution in [3.63, 3.8) is 0 Å². The molecule has 1 spiro atoms. The molecular weight excluding hydrogens is 412 g/mol. The molecule has 0 radical (unpaired) electrons. The van der Waals surface area contributed by atoms with Gasteiger partial charge in [-0.05, 0) is 32.6 Å². The molecule has 2 amide bonds. The normalized spacial score (nSPS) is 36.8. The zero-order chi connectivity index (χ0) is 23.2. The van der Waals surface area contributed by atoms with Crippen molar-refractivity contribution in [2.75, 3.05) is 19.8 Å². The van der Waals surface area contributed by atoms with E-state index in [1.54, 1.807) is 4.90 Å². The summed E-state index contributed by atoms with van der Waals surface area (Å²) in [5.74, 6) is -2.82. The van der Waals surface area contributed by atoms with E-state index in [0.717, 1.165) is 6.42 Å². The number of hydrogen-bond acceptors (Lipinski definition) is 6. The number of carbonyl (C=O) groups is 3. The van der Waals surface area contributed by atoms with Crippen LogP contribution < -0.4 is 0 Å². The molecule has 8 heteroatoms. The minimum Gasteiger partial charge on any atom is -0.465 e. The number of ether oxygens (including phenoxy) is 2. The molecule has 2 fully saturated rings. The van der Waals surface area contributed by atoms with Crippen LogP contribution in [0.1, 0.15) is 40.5 Å². The summed E-state index contributed by atoms with van der Waals surface area (Å²) in [6.07, 6.45) is 8.30. The molecule has 0 saturated carbocycles. The van der Waals surface area contributed by atoms with Gasteiger partial charge in [-0.15, -0.1) is 0 Å². The highest BCUT2D eigenvalue weighted by molar-refractivity contribution is 5.99. The number of likely N-dealkylation sites (tertiary alicyclic amines) is 1. The third-order valence-corrected chi connectivity index (χ3v) is 7.26. The number of aliphatic hydroxyl groups excluding tert-OH is 1. The Hall–Kier alpha value is -2.19. The maximum Gasteiger partial charge on any atom is 0.312 e. The van der Waals surface area contributed by atoms with E-state index in [-0.39, 0.29) is 37.0 Å². The maximum absolute atomic E-state index is 14.0. The zero-order valence-electron chi connectivity index (χ0n) is 19.3. The number of allylic oxidation sites excluding steroid dienone is 1. The van der Waals surface area contributed by atoms with E-state index in [1.165, 1.54) is 4.90 Å². The van der Waals surface area contributed by atoms with Gasteiger partial charge in [0.05, 0.1) is 31.3 Å². The molecule has 176 valence electrons. The number of aliphatic hydroxyl groups is 1. The zero-order valence-corrected chi connectivity index (χ0v) is 19.3. The number of nitrogens with zero attached hydrogens (tertiary/aromatic N) is 2. The minimum atomic E-state index is -1.28. The van der Waals surface area contributed by atoms with Crippen molar-refractivity contribution in [3.05, 3.63) is 24.3 Å². The van der Waals surface area contributed by atoms with Gasteiger partial charge in [-0.2, -0.15) is 0 Å². The summed E-state index contributed by atoms with van der Waals surface area (Å²) >= 11 is 0. The lowest BCUT2D eigenvalue weighted by Crippen LogP contribution is -2.59. The van der Waals surface area contributed by atoms with Crippen LogP contribution in [-0.2, 0) is 23.9 Å². The van der Waals surface area contributed by atoms with E-state index in [0.29, 0.717) is 13.0 Å². The number of cyclic esters (lactones) is 1. The smallest absolute Gasteiger partial charge is 0.312 e. The average Bonchev–Trinajstić information content (AvgIpc) is 3.13. The summed E-state index contributed by atoms with van der Waals surface area (Å²) in [5, 5.41) is 10.2. The van der Waals surface area contributed by atoms with Gasteiger partial charge in [0.25, 0.3) is 0 Å². The molecule has 0 aliphatic carbocycles. The van der Waals surface area contributed by atoms with Gasteiger partial charge in [0.15, 0.2) is 0 Å². The summed E-state index contributed by atoms with van der Waals surface area (Å²) in [5.41, 5.74) is -1.28. The number of rotatable bonds is 4. The first-order valence-corrected chi connectivity index (χ1v) is 11.7. The third-order valence-electron chi connectivity index (χ3n) is 7.26. The van der Waals surface area contributed by atoms with E-state index in [2.05, 4.69) is 0 Å². The fraction of sp³-hybridized carbons (Fsp3) is 0.708. The molecule has 0 aromatic carbocycles. The fourth-order valence-corrected chi connectivity index (χ4v) is 5.65. The Balaban J connectivity index is 1.88. The fourth-order valence-electron chi connectivity index (χ4n) is 5.65. The first-order chi connectivity index (χ1) is 15.2. The first kappa shape index (κ1) is 23.0. The average molecular weight is 447 g/mol. The van der Waals surface area contributed by atoms with Gasteiger partial charge in [-0.1, -0.05) is 38.2 Å². The van der Waals surface area contributed by atoms with Gasteiger partial charge in [0.2, 0.25) is 11.8 Å². The quantitative estimate of drug-likeness (QED) is 0.516. The topological polar surface area (TPSA) is 96.4 Å². The molecule has 8 nitrogen and oxygen atoms in total. The molecule has 0 bridgehead atoms. The molecule has 4 heterocycles. The maximum atomic E-state index is 14.0. The van der Waals surface area contributed by atoms with Crippen LogP contribution in [-0.4, -0.2) is 82.3 Å². The standard InChI is InChI=1S/C24H34N2O6/c1-14(2)16(13-27)26-20-22(29)25(15(3)4)11-8-10-24(20)19(21(26)28)18-17(32-24)9-6-5-7-12-31-23(18)30/h6,8-10,14-20,27H,5,7,11-13H2,1-4H3/b9-6-/t16?,17-,18?,19+,20-,24?/m1/s1. The lowest BCUT2D eigenvalue weighted by molar-refractivity contribution is -0.157. The van der Waals surface area contributed by atoms with Gasteiger partial charge >= 0.3 is 5.97 Å². The van der Waals surface area contributed by atoms with Crippen molar-refractivity contribution < 1.29 is 29.0 Å². The van der Waals surface area contributed by atoms with E-state index >= 15 is 0 Å². The number of esters is 1. The number of carbonyl (C=O) groups excluding carboxylic acids is 3. The Labute approximate surface area is 189 Å². The highest BCUT2D eigenvalue weighted by Crippen LogP contribution is 2.54. The first-order valence-electron chi connectivity index (χ1n) is 11.7. The molecule has 4 aliphatic heterocycles. The van der Waals surface area contributed by atoms with Crippen LogP contribution in [0.25, 0.3) is 0 Å². The SMILES string of the molecule is CC(C)C(CO)N1C(=O)[C@@H]2C3C(=O)OCCC/C=C\[C@H]3OC23C=CCN(C(C)C)C(=O)[C@@H]13. The summed E-state index contributed by atoms with van der Waals surface area (Å²) in [6, 6.07) is -1.59. The van der Waals surface area contributed by atoms with Crippen LogP contribution in [0.4, 0.5) is 0 Å². The molecule has 0 aromatic heterocycles. The Morgan fingerprint density at radius 1 is 1.16 bits per heavy atom. The molecule has 4 rings (SSSR count). The molecular formula is C24H34N2O6. The van der Waals surface area contributed by atoms with Crippen molar-refractivity contribution in [3.8, 4) is 0 Å². The highest BCUT2D eigenvalue weighted by atomic mass is 16.6. The molecule has 6 atom stereocenters. The van der Waals surface area contributed by atoms with E-state index < -0.39 is 41.6 Å². The largest absolute Gasteiger partial charge is 0.465 e. The van der Waals surface area contributed by atoms with E-state index in [9.17, 15) is 19.5 Å². The molecule has 32 heavy (non-hydrogen) atoms. The van der Waals surface area contributed by atoms with Gasteiger partial charge < -0.3 is 24.4 Å². The highest BCUT2D eigenvalue weighted by Gasteiger charge is 2.72. The van der Waals surface area contributed by atoms with Gasteiger partial charge in [0, 0.05) is 12.6 Å². The molecule has 4 aliphatic rings. The Morgan fingerprint density at radius 2 is 1.91 bits per heavy atom. The molecule has 1 N–H and O–H groups in total. The predicted molar refractivity (Wildman–Crippen MR) is 116 cm³/mol. The lowest BCUT2D eigenvalue weighted by Gasteiger charge is -2.40.